The molecule has 0 atom stereocenters. The van der Waals surface area contributed by atoms with E-state index < -0.39 is 47.0 Å². The van der Waals surface area contributed by atoms with E-state index in [1.54, 1.807) is 0 Å². The van der Waals surface area contributed by atoms with Crippen LogP contribution in [0.15, 0.2) is 60.8 Å². The summed E-state index contributed by atoms with van der Waals surface area (Å²) in [6.07, 6.45) is -9.04. The molecular weight excluding hydrogens is 412 g/mol. The van der Waals surface area contributed by atoms with E-state index in [2.05, 4.69) is 4.98 Å². The third-order valence-electron chi connectivity index (χ3n) is 4.31. The number of carboxylic acid groups (broad SMARTS) is 1. The summed E-state index contributed by atoms with van der Waals surface area (Å²) < 4.78 is 81.2. The minimum absolute atomic E-state index is 0.0581. The fourth-order valence-corrected chi connectivity index (χ4v) is 3.10. The lowest BCUT2D eigenvalue weighted by Crippen LogP contribution is -2.10. The van der Waals surface area contributed by atoms with E-state index in [1.807, 2.05) is 0 Å². The van der Waals surface area contributed by atoms with Gasteiger partial charge in [-0.05, 0) is 29.3 Å². The zero-order chi connectivity index (χ0) is 22.1. The fraction of sp³-hybridized carbons (Fsp3) is 0.143. The van der Waals surface area contributed by atoms with Gasteiger partial charge < -0.3 is 5.11 Å². The predicted molar refractivity (Wildman–Crippen MR) is 96.5 cm³/mol. The average Bonchev–Trinajstić information content (AvgIpc) is 2.66. The molecule has 1 heterocycles. The number of benzene rings is 2. The summed E-state index contributed by atoms with van der Waals surface area (Å²) in [5, 5.41) is 8.99. The molecule has 1 N–H and O–H groups in total. The zero-order valence-corrected chi connectivity index (χ0v) is 15.1. The maximum absolute atomic E-state index is 13.6. The Kier molecular flexibility index (Phi) is 5.56. The van der Waals surface area contributed by atoms with Crippen LogP contribution in [0.1, 0.15) is 16.7 Å². The highest BCUT2D eigenvalue weighted by molar-refractivity contribution is 5.85. The van der Waals surface area contributed by atoms with Gasteiger partial charge in [-0.3, -0.25) is 9.78 Å². The van der Waals surface area contributed by atoms with Crippen molar-refractivity contribution in [2.45, 2.75) is 18.8 Å². The molecular formula is C21H13F6NO2. The van der Waals surface area contributed by atoms with E-state index in [-0.39, 0.29) is 16.8 Å². The van der Waals surface area contributed by atoms with Crippen molar-refractivity contribution in [1.82, 2.24) is 4.98 Å². The first kappa shape index (κ1) is 21.4. The van der Waals surface area contributed by atoms with Crippen LogP contribution in [-0.4, -0.2) is 16.1 Å². The van der Waals surface area contributed by atoms with Gasteiger partial charge in [-0.1, -0.05) is 36.4 Å². The summed E-state index contributed by atoms with van der Waals surface area (Å²) in [6, 6.07) is 9.92. The molecule has 0 aliphatic heterocycles. The molecule has 3 rings (SSSR count). The zero-order valence-electron chi connectivity index (χ0n) is 15.1. The number of hydrogen-bond acceptors (Lipinski definition) is 2. The van der Waals surface area contributed by atoms with Gasteiger partial charge in [-0.25, -0.2) is 0 Å². The topological polar surface area (TPSA) is 50.2 Å². The first-order valence-electron chi connectivity index (χ1n) is 8.52. The second-order valence-electron chi connectivity index (χ2n) is 6.40. The first-order valence-corrected chi connectivity index (χ1v) is 8.52. The Balaban J connectivity index is 2.35. The van der Waals surface area contributed by atoms with Crippen molar-refractivity contribution < 1.29 is 36.2 Å². The molecule has 0 aliphatic rings. The average molecular weight is 425 g/mol. The van der Waals surface area contributed by atoms with Crippen molar-refractivity contribution in [3.63, 3.8) is 0 Å². The fourth-order valence-electron chi connectivity index (χ4n) is 3.10. The Morgan fingerprint density at radius 2 is 1.30 bits per heavy atom. The Morgan fingerprint density at radius 1 is 0.800 bits per heavy atom. The van der Waals surface area contributed by atoms with Gasteiger partial charge >= 0.3 is 18.3 Å². The van der Waals surface area contributed by atoms with Gasteiger partial charge in [0.05, 0.1) is 23.2 Å². The summed E-state index contributed by atoms with van der Waals surface area (Å²) >= 11 is 0. The maximum Gasteiger partial charge on any atom is 0.417 e. The number of hydrogen-bond donors (Lipinski definition) is 1. The third kappa shape index (κ3) is 4.45. The second-order valence-corrected chi connectivity index (χ2v) is 6.40. The monoisotopic (exact) mass is 425 g/mol. The van der Waals surface area contributed by atoms with Gasteiger partial charge in [0.2, 0.25) is 0 Å². The summed E-state index contributed by atoms with van der Waals surface area (Å²) in [5.74, 6) is -1.25. The van der Waals surface area contributed by atoms with Crippen LogP contribution in [0, 0.1) is 0 Å². The Bertz CT molecular complexity index is 1090. The van der Waals surface area contributed by atoms with E-state index in [0.29, 0.717) is 0 Å². The summed E-state index contributed by atoms with van der Waals surface area (Å²) in [6.45, 7) is 0. The standard InChI is InChI=1S/C21H13F6NO2/c22-20(23,24)16-7-3-1-5-13(16)15-9-12(10-18(29)30)11-28-19(15)14-6-2-4-8-17(14)21(25,26)27/h1-9,11H,10H2,(H,29,30). The van der Waals surface area contributed by atoms with Crippen LogP contribution >= 0.6 is 0 Å². The van der Waals surface area contributed by atoms with Gasteiger partial charge in [0, 0.05) is 17.3 Å². The maximum atomic E-state index is 13.6. The highest BCUT2D eigenvalue weighted by Crippen LogP contribution is 2.43. The molecule has 0 aliphatic carbocycles. The predicted octanol–water partition coefficient (Wildman–Crippen LogP) is 6.08. The van der Waals surface area contributed by atoms with Crippen molar-refractivity contribution in [3.8, 4) is 22.4 Å². The van der Waals surface area contributed by atoms with Gasteiger partial charge in [0.25, 0.3) is 0 Å². The van der Waals surface area contributed by atoms with Crippen molar-refractivity contribution >= 4 is 5.97 Å². The number of alkyl halides is 6. The van der Waals surface area contributed by atoms with Gasteiger partial charge in [-0.2, -0.15) is 26.3 Å². The lowest BCUT2D eigenvalue weighted by Gasteiger charge is -2.18. The van der Waals surface area contributed by atoms with Crippen LogP contribution in [-0.2, 0) is 23.6 Å². The smallest absolute Gasteiger partial charge is 0.417 e. The lowest BCUT2D eigenvalue weighted by atomic mass is 9.91. The summed E-state index contributed by atoms with van der Waals surface area (Å²) in [7, 11) is 0. The van der Waals surface area contributed by atoms with E-state index in [0.717, 1.165) is 48.7 Å². The number of carboxylic acids is 1. The van der Waals surface area contributed by atoms with Crippen molar-refractivity contribution in [2.24, 2.45) is 0 Å². The molecule has 3 aromatic rings. The number of aliphatic carboxylic acids is 1. The molecule has 156 valence electrons. The van der Waals surface area contributed by atoms with E-state index in [1.165, 1.54) is 12.1 Å². The molecule has 9 heteroatoms. The summed E-state index contributed by atoms with van der Waals surface area (Å²) in [5.41, 5.74) is -3.43. The Morgan fingerprint density at radius 3 is 1.83 bits per heavy atom. The van der Waals surface area contributed by atoms with Crippen molar-refractivity contribution in [3.05, 3.63) is 77.5 Å². The highest BCUT2D eigenvalue weighted by Gasteiger charge is 2.36. The van der Waals surface area contributed by atoms with Crippen LogP contribution in [0.2, 0.25) is 0 Å². The molecule has 30 heavy (non-hydrogen) atoms. The number of rotatable bonds is 4. The van der Waals surface area contributed by atoms with Crippen LogP contribution in [0.3, 0.4) is 0 Å². The first-order chi connectivity index (χ1) is 14.0. The minimum atomic E-state index is -4.78. The largest absolute Gasteiger partial charge is 0.481 e. The SMILES string of the molecule is O=C(O)Cc1cnc(-c2ccccc2C(F)(F)F)c(-c2ccccc2C(F)(F)F)c1. The quantitative estimate of drug-likeness (QED) is 0.516. The van der Waals surface area contributed by atoms with E-state index in [4.69, 9.17) is 5.11 Å². The van der Waals surface area contributed by atoms with Crippen LogP contribution < -0.4 is 0 Å². The highest BCUT2D eigenvalue weighted by atomic mass is 19.4. The minimum Gasteiger partial charge on any atom is -0.481 e. The molecule has 0 amide bonds. The molecule has 0 unspecified atom stereocenters. The molecule has 3 nitrogen and oxygen atoms in total. The molecule has 0 fully saturated rings. The van der Waals surface area contributed by atoms with Crippen LogP contribution in [0.5, 0.6) is 0 Å². The van der Waals surface area contributed by atoms with E-state index >= 15 is 0 Å². The molecule has 0 radical (unpaired) electrons. The molecule has 0 saturated heterocycles. The Labute approximate surface area is 166 Å². The number of carbonyl (C=O) groups is 1. The number of aromatic nitrogens is 1. The number of pyridine rings is 1. The van der Waals surface area contributed by atoms with Gasteiger partial charge in [0.1, 0.15) is 0 Å². The molecule has 0 bridgehead atoms. The second kappa shape index (κ2) is 7.81. The van der Waals surface area contributed by atoms with Crippen LogP contribution in [0.4, 0.5) is 26.3 Å². The van der Waals surface area contributed by atoms with Crippen LogP contribution in [0.25, 0.3) is 22.4 Å². The molecule has 0 spiro atoms. The number of halogens is 6. The lowest BCUT2D eigenvalue weighted by molar-refractivity contribution is -0.138. The van der Waals surface area contributed by atoms with Crippen molar-refractivity contribution in [1.29, 1.82) is 0 Å². The number of nitrogens with zero attached hydrogens (tertiary/aromatic N) is 1. The molecule has 0 saturated carbocycles. The Hall–Kier alpha value is -3.36. The van der Waals surface area contributed by atoms with E-state index in [9.17, 15) is 31.1 Å². The van der Waals surface area contributed by atoms with Crippen molar-refractivity contribution in [2.75, 3.05) is 0 Å². The normalized spacial score (nSPS) is 12.1. The summed E-state index contributed by atoms with van der Waals surface area (Å²) in [4.78, 5) is 15.0. The molecule has 2 aromatic carbocycles. The molecule has 1 aromatic heterocycles. The van der Waals surface area contributed by atoms with Gasteiger partial charge in [0.15, 0.2) is 0 Å². The van der Waals surface area contributed by atoms with Gasteiger partial charge in [-0.15, -0.1) is 0 Å². The third-order valence-corrected chi connectivity index (χ3v) is 4.31.